The fourth-order valence-corrected chi connectivity index (χ4v) is 3.89. The van der Waals surface area contributed by atoms with Gasteiger partial charge in [-0.1, -0.05) is 31.4 Å². The van der Waals surface area contributed by atoms with Crippen molar-refractivity contribution >= 4 is 5.91 Å². The minimum absolute atomic E-state index is 0.258. The average Bonchev–Trinajstić information content (AvgIpc) is 3.01. The summed E-state index contributed by atoms with van der Waals surface area (Å²) in [6, 6.07) is 7.48. The summed E-state index contributed by atoms with van der Waals surface area (Å²) in [5, 5.41) is 12.7. The zero-order valence-electron chi connectivity index (χ0n) is 13.8. The molecule has 1 heterocycles. The minimum Gasteiger partial charge on any atom is -0.508 e. The van der Waals surface area contributed by atoms with E-state index in [1.165, 1.54) is 19.3 Å². The standard InChI is InChI=1S/C19H28N2O2/c22-18-8-4-5-15(11-18)13-21-10-9-16(14-21)12-20-19(23)17-6-2-1-3-7-17/h4-5,8,11,16-17,22H,1-3,6-7,9-10,12-14H2,(H,20,23). The van der Waals surface area contributed by atoms with Crippen LogP contribution in [-0.2, 0) is 11.3 Å². The molecule has 1 atom stereocenters. The maximum absolute atomic E-state index is 12.2. The molecule has 1 amide bonds. The third-order valence-electron chi connectivity index (χ3n) is 5.23. The van der Waals surface area contributed by atoms with Crippen molar-refractivity contribution in [3.63, 3.8) is 0 Å². The number of aromatic hydroxyl groups is 1. The Morgan fingerprint density at radius 3 is 2.83 bits per heavy atom. The van der Waals surface area contributed by atoms with Crippen LogP contribution < -0.4 is 5.32 Å². The number of amides is 1. The Bertz CT molecular complexity index is 526. The number of carbonyl (C=O) groups is 1. The van der Waals surface area contributed by atoms with Crippen LogP contribution in [0.3, 0.4) is 0 Å². The molecule has 0 spiro atoms. The second-order valence-electron chi connectivity index (χ2n) is 7.14. The van der Waals surface area contributed by atoms with Gasteiger partial charge in [-0.3, -0.25) is 9.69 Å². The van der Waals surface area contributed by atoms with Crippen LogP contribution in [0.1, 0.15) is 44.1 Å². The zero-order chi connectivity index (χ0) is 16.1. The minimum atomic E-state index is 0.258. The van der Waals surface area contributed by atoms with Crippen molar-refractivity contribution in [2.75, 3.05) is 19.6 Å². The molecule has 2 N–H and O–H groups in total. The Balaban J connectivity index is 1.40. The van der Waals surface area contributed by atoms with E-state index in [0.29, 0.717) is 11.7 Å². The first kappa shape index (κ1) is 16.3. The molecule has 2 aliphatic rings. The third kappa shape index (κ3) is 4.71. The van der Waals surface area contributed by atoms with Gasteiger partial charge in [-0.2, -0.15) is 0 Å². The number of phenols is 1. The molecule has 0 radical (unpaired) electrons. The van der Waals surface area contributed by atoms with Gasteiger partial charge in [-0.25, -0.2) is 0 Å². The number of carbonyl (C=O) groups excluding carboxylic acids is 1. The molecular formula is C19H28N2O2. The fraction of sp³-hybridized carbons (Fsp3) is 0.632. The van der Waals surface area contributed by atoms with Crippen molar-refractivity contribution < 1.29 is 9.90 Å². The number of nitrogens with zero attached hydrogens (tertiary/aromatic N) is 1. The molecule has 23 heavy (non-hydrogen) atoms. The predicted octanol–water partition coefficient (Wildman–Crippen LogP) is 2.91. The summed E-state index contributed by atoms with van der Waals surface area (Å²) >= 11 is 0. The second-order valence-corrected chi connectivity index (χ2v) is 7.14. The van der Waals surface area contributed by atoms with Crippen LogP contribution in [0.4, 0.5) is 0 Å². The second kappa shape index (κ2) is 7.82. The highest BCUT2D eigenvalue weighted by Gasteiger charge is 2.25. The number of likely N-dealkylation sites (tertiary alicyclic amines) is 1. The Hall–Kier alpha value is -1.55. The summed E-state index contributed by atoms with van der Waals surface area (Å²) in [7, 11) is 0. The molecule has 1 aromatic rings. The molecule has 126 valence electrons. The van der Waals surface area contributed by atoms with Crippen molar-refractivity contribution in [1.29, 1.82) is 0 Å². The van der Waals surface area contributed by atoms with Gasteiger partial charge in [0.2, 0.25) is 5.91 Å². The van der Waals surface area contributed by atoms with Crippen molar-refractivity contribution in [1.82, 2.24) is 10.2 Å². The van der Waals surface area contributed by atoms with E-state index in [-0.39, 0.29) is 11.8 Å². The van der Waals surface area contributed by atoms with E-state index in [4.69, 9.17) is 0 Å². The Morgan fingerprint density at radius 2 is 2.04 bits per heavy atom. The average molecular weight is 316 g/mol. The van der Waals surface area contributed by atoms with Crippen LogP contribution in [-0.4, -0.2) is 35.5 Å². The maximum atomic E-state index is 12.2. The van der Waals surface area contributed by atoms with E-state index in [1.807, 2.05) is 12.1 Å². The Morgan fingerprint density at radius 1 is 1.22 bits per heavy atom. The van der Waals surface area contributed by atoms with Crippen molar-refractivity contribution in [3.05, 3.63) is 29.8 Å². The van der Waals surface area contributed by atoms with Crippen molar-refractivity contribution in [2.24, 2.45) is 11.8 Å². The van der Waals surface area contributed by atoms with Gasteiger partial charge in [0, 0.05) is 25.6 Å². The number of hydrogen-bond donors (Lipinski definition) is 2. The van der Waals surface area contributed by atoms with Gasteiger partial charge in [-0.05, 0) is 49.4 Å². The first-order valence-electron chi connectivity index (χ1n) is 8.98. The normalized spacial score (nSPS) is 23.0. The van der Waals surface area contributed by atoms with Gasteiger partial charge in [0.05, 0.1) is 0 Å². The Labute approximate surface area is 138 Å². The van der Waals surface area contributed by atoms with Gasteiger partial charge in [0.15, 0.2) is 0 Å². The highest BCUT2D eigenvalue weighted by molar-refractivity contribution is 5.78. The van der Waals surface area contributed by atoms with Gasteiger partial charge < -0.3 is 10.4 Å². The number of benzene rings is 1. The highest BCUT2D eigenvalue weighted by atomic mass is 16.3. The third-order valence-corrected chi connectivity index (χ3v) is 5.23. The molecular weight excluding hydrogens is 288 g/mol. The molecule has 0 bridgehead atoms. The predicted molar refractivity (Wildman–Crippen MR) is 91.1 cm³/mol. The molecule has 4 heteroatoms. The van der Waals surface area contributed by atoms with E-state index < -0.39 is 0 Å². The Kier molecular flexibility index (Phi) is 5.55. The highest BCUT2D eigenvalue weighted by Crippen LogP contribution is 2.24. The van der Waals surface area contributed by atoms with E-state index in [0.717, 1.165) is 51.0 Å². The first-order chi connectivity index (χ1) is 11.2. The van der Waals surface area contributed by atoms with Crippen LogP contribution in [0, 0.1) is 11.8 Å². The SMILES string of the molecule is O=C(NCC1CCN(Cc2cccc(O)c2)C1)C1CCCCC1. The van der Waals surface area contributed by atoms with Crippen LogP contribution in [0.15, 0.2) is 24.3 Å². The molecule has 0 aromatic heterocycles. The van der Waals surface area contributed by atoms with Crippen LogP contribution >= 0.6 is 0 Å². The summed E-state index contributed by atoms with van der Waals surface area (Å²) in [4.78, 5) is 14.6. The van der Waals surface area contributed by atoms with E-state index >= 15 is 0 Å². The summed E-state index contributed by atoms with van der Waals surface area (Å²) in [5.74, 6) is 1.42. The molecule has 1 unspecified atom stereocenters. The molecule has 1 aromatic carbocycles. The lowest BCUT2D eigenvalue weighted by Crippen LogP contribution is -2.36. The molecule has 1 saturated carbocycles. The van der Waals surface area contributed by atoms with Crippen LogP contribution in [0.25, 0.3) is 0 Å². The lowest BCUT2D eigenvalue weighted by Gasteiger charge is -2.22. The number of rotatable bonds is 5. The first-order valence-corrected chi connectivity index (χ1v) is 8.98. The molecule has 1 aliphatic heterocycles. The van der Waals surface area contributed by atoms with Crippen LogP contribution in [0.2, 0.25) is 0 Å². The van der Waals surface area contributed by atoms with E-state index in [9.17, 15) is 9.90 Å². The molecule has 2 fully saturated rings. The topological polar surface area (TPSA) is 52.6 Å². The quantitative estimate of drug-likeness (QED) is 0.878. The number of nitrogens with one attached hydrogen (secondary N) is 1. The van der Waals surface area contributed by atoms with E-state index in [2.05, 4.69) is 16.3 Å². The maximum Gasteiger partial charge on any atom is 0.223 e. The van der Waals surface area contributed by atoms with Gasteiger partial charge >= 0.3 is 0 Å². The molecule has 1 aliphatic carbocycles. The lowest BCUT2D eigenvalue weighted by molar-refractivity contribution is -0.126. The fourth-order valence-electron chi connectivity index (χ4n) is 3.89. The summed E-state index contributed by atoms with van der Waals surface area (Å²) in [5.41, 5.74) is 1.15. The number of phenolic OH excluding ortho intramolecular Hbond substituents is 1. The van der Waals surface area contributed by atoms with E-state index in [1.54, 1.807) is 6.07 Å². The lowest BCUT2D eigenvalue weighted by atomic mass is 9.88. The monoisotopic (exact) mass is 316 g/mol. The smallest absolute Gasteiger partial charge is 0.223 e. The molecule has 4 nitrogen and oxygen atoms in total. The molecule has 3 rings (SSSR count). The summed E-state index contributed by atoms with van der Waals surface area (Å²) < 4.78 is 0. The largest absolute Gasteiger partial charge is 0.508 e. The number of hydrogen-bond acceptors (Lipinski definition) is 3. The van der Waals surface area contributed by atoms with Gasteiger partial charge in [0.25, 0.3) is 0 Å². The summed E-state index contributed by atoms with van der Waals surface area (Å²) in [6.45, 7) is 3.79. The zero-order valence-corrected chi connectivity index (χ0v) is 13.8. The van der Waals surface area contributed by atoms with Gasteiger partial charge in [-0.15, -0.1) is 0 Å². The molecule has 1 saturated heterocycles. The summed E-state index contributed by atoms with van der Waals surface area (Å²) in [6.07, 6.45) is 6.98. The van der Waals surface area contributed by atoms with Crippen molar-refractivity contribution in [2.45, 2.75) is 45.1 Å². The van der Waals surface area contributed by atoms with Gasteiger partial charge in [0.1, 0.15) is 5.75 Å². The van der Waals surface area contributed by atoms with Crippen LogP contribution in [0.5, 0.6) is 5.75 Å². The van der Waals surface area contributed by atoms with Crippen molar-refractivity contribution in [3.8, 4) is 5.75 Å².